The van der Waals surface area contributed by atoms with Gasteiger partial charge in [-0.3, -0.25) is 9.59 Å². The first-order valence-corrected chi connectivity index (χ1v) is 8.92. The van der Waals surface area contributed by atoms with Crippen LogP contribution in [0.25, 0.3) is 0 Å². The molecule has 2 fully saturated rings. The van der Waals surface area contributed by atoms with E-state index >= 15 is 0 Å². The van der Waals surface area contributed by atoms with Crippen LogP contribution in [0.3, 0.4) is 0 Å². The van der Waals surface area contributed by atoms with E-state index < -0.39 is 11.8 Å². The number of rotatable bonds is 6. The predicted octanol–water partition coefficient (Wildman–Crippen LogP) is 1.26. The molecular formula is C19H26N2O3. The van der Waals surface area contributed by atoms with E-state index in [9.17, 15) is 14.7 Å². The predicted molar refractivity (Wildman–Crippen MR) is 91.1 cm³/mol. The van der Waals surface area contributed by atoms with E-state index in [0.717, 1.165) is 32.1 Å². The van der Waals surface area contributed by atoms with Crippen LogP contribution >= 0.6 is 0 Å². The molecule has 2 aliphatic carbocycles. The Morgan fingerprint density at radius 3 is 2.58 bits per heavy atom. The first-order valence-electron chi connectivity index (χ1n) is 8.92. The number of hydrogen-bond acceptors (Lipinski definition) is 3. The van der Waals surface area contributed by atoms with Gasteiger partial charge in [-0.2, -0.15) is 0 Å². The van der Waals surface area contributed by atoms with Crippen LogP contribution in [-0.2, 0) is 16.0 Å². The molecule has 1 aromatic carbocycles. The molecule has 2 aliphatic rings. The summed E-state index contributed by atoms with van der Waals surface area (Å²) < 4.78 is 0. The van der Waals surface area contributed by atoms with Crippen molar-refractivity contribution in [2.45, 2.75) is 38.1 Å². The molecule has 3 N–H and O–H groups in total. The van der Waals surface area contributed by atoms with Gasteiger partial charge in [0.15, 0.2) is 0 Å². The molecule has 2 bridgehead atoms. The highest BCUT2D eigenvalue weighted by molar-refractivity contribution is 6.35. The van der Waals surface area contributed by atoms with Gasteiger partial charge in [0.05, 0.1) is 0 Å². The highest BCUT2D eigenvalue weighted by Crippen LogP contribution is 2.48. The molecule has 5 heteroatoms. The summed E-state index contributed by atoms with van der Waals surface area (Å²) in [6.45, 7) is 0.576. The topological polar surface area (TPSA) is 78.4 Å². The van der Waals surface area contributed by atoms with Crippen LogP contribution in [-0.4, -0.2) is 36.1 Å². The zero-order chi connectivity index (χ0) is 16.9. The number of aryl methyl sites for hydroxylation is 1. The lowest BCUT2D eigenvalue weighted by atomic mass is 9.85. The molecule has 2 amide bonds. The van der Waals surface area contributed by atoms with Crippen molar-refractivity contribution in [1.82, 2.24) is 10.6 Å². The Labute approximate surface area is 142 Å². The van der Waals surface area contributed by atoms with Gasteiger partial charge in [-0.25, -0.2) is 0 Å². The Morgan fingerprint density at radius 2 is 1.83 bits per heavy atom. The molecule has 24 heavy (non-hydrogen) atoms. The fraction of sp³-hybridized carbons (Fsp3) is 0.579. The number of carbonyl (C=O) groups excluding carboxylic acids is 2. The van der Waals surface area contributed by atoms with E-state index in [1.165, 1.54) is 5.56 Å². The van der Waals surface area contributed by atoms with E-state index in [4.69, 9.17) is 0 Å². The molecule has 4 unspecified atom stereocenters. The van der Waals surface area contributed by atoms with Gasteiger partial charge in [-0.05, 0) is 49.5 Å². The molecule has 4 atom stereocenters. The van der Waals surface area contributed by atoms with Crippen molar-refractivity contribution >= 4 is 11.8 Å². The minimum Gasteiger partial charge on any atom is -0.396 e. The van der Waals surface area contributed by atoms with E-state index in [-0.39, 0.29) is 18.6 Å². The summed E-state index contributed by atoms with van der Waals surface area (Å²) in [6.07, 6.45) is 4.96. The summed E-state index contributed by atoms with van der Waals surface area (Å²) in [7, 11) is 0. The number of aliphatic hydroxyl groups excluding tert-OH is 1. The molecule has 0 radical (unpaired) electrons. The third-order valence-corrected chi connectivity index (χ3v) is 5.57. The summed E-state index contributed by atoms with van der Waals surface area (Å²) in [5, 5.41) is 15.1. The first kappa shape index (κ1) is 17.0. The van der Waals surface area contributed by atoms with Gasteiger partial charge in [0.25, 0.3) is 0 Å². The van der Waals surface area contributed by atoms with Crippen LogP contribution < -0.4 is 10.6 Å². The van der Waals surface area contributed by atoms with Crippen molar-refractivity contribution in [2.24, 2.45) is 17.8 Å². The number of hydrogen-bond donors (Lipinski definition) is 3. The molecule has 0 aliphatic heterocycles. The van der Waals surface area contributed by atoms with E-state index in [1.54, 1.807) is 0 Å². The zero-order valence-corrected chi connectivity index (χ0v) is 13.9. The second-order valence-electron chi connectivity index (χ2n) is 7.02. The Morgan fingerprint density at radius 1 is 1.08 bits per heavy atom. The van der Waals surface area contributed by atoms with Crippen LogP contribution in [0.2, 0.25) is 0 Å². The molecule has 0 saturated heterocycles. The second-order valence-corrected chi connectivity index (χ2v) is 7.02. The fourth-order valence-corrected chi connectivity index (χ4v) is 4.33. The quantitative estimate of drug-likeness (QED) is 0.543. The highest BCUT2D eigenvalue weighted by atomic mass is 16.3. The van der Waals surface area contributed by atoms with E-state index in [1.807, 2.05) is 18.2 Å². The number of carbonyl (C=O) groups is 2. The largest absolute Gasteiger partial charge is 0.396 e. The summed E-state index contributed by atoms with van der Waals surface area (Å²) in [4.78, 5) is 24.1. The lowest BCUT2D eigenvalue weighted by molar-refractivity contribution is -0.140. The maximum absolute atomic E-state index is 12.1. The third-order valence-electron chi connectivity index (χ3n) is 5.57. The van der Waals surface area contributed by atoms with Crippen LogP contribution in [0.1, 0.15) is 31.2 Å². The monoisotopic (exact) mass is 330 g/mol. The summed E-state index contributed by atoms with van der Waals surface area (Å²) in [6, 6.07) is 10.0. The molecule has 3 rings (SSSR count). The fourth-order valence-electron chi connectivity index (χ4n) is 4.33. The minimum atomic E-state index is -0.567. The van der Waals surface area contributed by atoms with Crippen molar-refractivity contribution in [3.63, 3.8) is 0 Å². The van der Waals surface area contributed by atoms with Crippen molar-refractivity contribution in [3.05, 3.63) is 35.9 Å². The standard InChI is InChI=1S/C19H26N2O3/c22-12-16-14-8-9-15(11-14)17(16)21-19(24)18(23)20-10-4-7-13-5-2-1-3-6-13/h1-3,5-6,14-17,22H,4,7-12H2,(H,20,23)(H,21,24). The average Bonchev–Trinajstić information content (AvgIpc) is 3.20. The third kappa shape index (κ3) is 3.78. The van der Waals surface area contributed by atoms with Gasteiger partial charge >= 0.3 is 11.8 Å². The molecule has 5 nitrogen and oxygen atoms in total. The van der Waals surface area contributed by atoms with Crippen LogP contribution in [0, 0.1) is 17.8 Å². The molecule has 130 valence electrons. The van der Waals surface area contributed by atoms with Gasteiger partial charge in [0, 0.05) is 25.1 Å². The van der Waals surface area contributed by atoms with Crippen molar-refractivity contribution in [1.29, 1.82) is 0 Å². The Bertz CT molecular complexity index is 575. The van der Waals surface area contributed by atoms with Crippen molar-refractivity contribution in [2.75, 3.05) is 13.2 Å². The van der Waals surface area contributed by atoms with E-state index in [2.05, 4.69) is 22.8 Å². The molecule has 2 saturated carbocycles. The van der Waals surface area contributed by atoms with Gasteiger partial charge in [0.2, 0.25) is 0 Å². The SMILES string of the molecule is O=C(NCCCc1ccccc1)C(=O)NC1C2CCC(C2)C1CO. The minimum absolute atomic E-state index is 0.0451. The number of benzene rings is 1. The number of fused-ring (bicyclic) bond motifs is 2. The lowest BCUT2D eigenvalue weighted by Crippen LogP contribution is -2.50. The number of amides is 2. The second kappa shape index (κ2) is 7.79. The summed E-state index contributed by atoms with van der Waals surface area (Å²) in [5.41, 5.74) is 1.23. The summed E-state index contributed by atoms with van der Waals surface area (Å²) in [5.74, 6) is -0.104. The highest BCUT2D eigenvalue weighted by Gasteiger charge is 2.48. The van der Waals surface area contributed by atoms with E-state index in [0.29, 0.717) is 18.4 Å². The molecular weight excluding hydrogens is 304 g/mol. The van der Waals surface area contributed by atoms with Gasteiger partial charge < -0.3 is 15.7 Å². The van der Waals surface area contributed by atoms with Crippen molar-refractivity contribution < 1.29 is 14.7 Å². The Hall–Kier alpha value is -1.88. The van der Waals surface area contributed by atoms with Crippen molar-refractivity contribution in [3.8, 4) is 0 Å². The normalized spacial score (nSPS) is 27.9. The Kier molecular flexibility index (Phi) is 5.51. The summed E-state index contributed by atoms with van der Waals surface area (Å²) >= 11 is 0. The molecule has 0 spiro atoms. The number of aliphatic hydroxyl groups is 1. The first-order chi connectivity index (χ1) is 11.7. The van der Waals surface area contributed by atoms with Crippen LogP contribution in [0.5, 0.6) is 0 Å². The van der Waals surface area contributed by atoms with Gasteiger partial charge in [-0.1, -0.05) is 30.3 Å². The van der Waals surface area contributed by atoms with Crippen LogP contribution in [0.15, 0.2) is 30.3 Å². The average molecular weight is 330 g/mol. The van der Waals surface area contributed by atoms with Gasteiger partial charge in [-0.15, -0.1) is 0 Å². The molecule has 1 aromatic rings. The Balaban J connectivity index is 1.40. The molecule has 0 aromatic heterocycles. The number of nitrogens with one attached hydrogen (secondary N) is 2. The van der Waals surface area contributed by atoms with Crippen LogP contribution in [0.4, 0.5) is 0 Å². The lowest BCUT2D eigenvalue weighted by Gasteiger charge is -2.30. The van der Waals surface area contributed by atoms with Gasteiger partial charge in [0.1, 0.15) is 0 Å². The smallest absolute Gasteiger partial charge is 0.309 e. The maximum atomic E-state index is 12.1. The zero-order valence-electron chi connectivity index (χ0n) is 13.9. The maximum Gasteiger partial charge on any atom is 0.309 e. The molecule has 0 heterocycles.